The number of nitrogens with one attached hydrogen (secondary N) is 2. The Kier molecular flexibility index (Phi) is 6.31. The van der Waals surface area contributed by atoms with Crippen LogP contribution < -0.4 is 16.4 Å². The molecule has 0 atom stereocenters. The number of amides is 2. The molecule has 0 saturated heterocycles. The number of aromatic nitrogens is 1. The first-order valence-electron chi connectivity index (χ1n) is 5.89. The summed E-state index contributed by atoms with van der Waals surface area (Å²) in [5.41, 5.74) is 5.83. The molecule has 0 radical (unpaired) electrons. The van der Waals surface area contributed by atoms with Crippen LogP contribution >= 0.6 is 0 Å². The normalized spacial score (nSPS) is 9.95. The van der Waals surface area contributed by atoms with E-state index in [9.17, 15) is 9.59 Å². The largest absolute Gasteiger partial charge is 0.384 e. The number of nitrogens with zero attached hydrogens (tertiary/aromatic N) is 1. The fraction of sp³-hybridized carbons (Fsp3) is 0.417. The van der Waals surface area contributed by atoms with Crippen molar-refractivity contribution in [2.24, 2.45) is 0 Å². The average molecular weight is 266 g/mol. The first kappa shape index (κ1) is 14.9. The summed E-state index contributed by atoms with van der Waals surface area (Å²) in [7, 11) is 1.56. The number of methoxy groups -OCH3 is 1. The lowest BCUT2D eigenvalue weighted by molar-refractivity contribution is -0.121. The minimum atomic E-state index is -0.280. The standard InChI is InChI=1S/C12H18N4O3/c1-19-7-6-14-11(17)4-5-15-12(18)9-2-3-10(13)16-8-9/h2-3,8H,4-7H2,1H3,(H2,13,16)(H,14,17)(H,15,18). The van der Waals surface area contributed by atoms with Gasteiger partial charge in [0.15, 0.2) is 0 Å². The van der Waals surface area contributed by atoms with Gasteiger partial charge in [-0.2, -0.15) is 0 Å². The van der Waals surface area contributed by atoms with Crippen LogP contribution in [0.4, 0.5) is 5.82 Å². The molecule has 2 amide bonds. The van der Waals surface area contributed by atoms with Crippen molar-refractivity contribution in [2.45, 2.75) is 6.42 Å². The third kappa shape index (κ3) is 5.82. The summed E-state index contributed by atoms with van der Waals surface area (Å²) >= 11 is 0. The number of anilines is 1. The van der Waals surface area contributed by atoms with E-state index in [-0.39, 0.29) is 24.8 Å². The summed E-state index contributed by atoms with van der Waals surface area (Å²) < 4.78 is 4.80. The van der Waals surface area contributed by atoms with Gasteiger partial charge in [0.05, 0.1) is 12.2 Å². The van der Waals surface area contributed by atoms with Crippen molar-refractivity contribution >= 4 is 17.6 Å². The first-order valence-corrected chi connectivity index (χ1v) is 5.89. The zero-order chi connectivity index (χ0) is 14.1. The number of nitrogen functional groups attached to an aromatic ring is 1. The summed E-state index contributed by atoms with van der Waals surface area (Å²) in [6.07, 6.45) is 1.61. The Bertz CT molecular complexity index is 419. The second-order valence-electron chi connectivity index (χ2n) is 3.82. The molecule has 0 saturated carbocycles. The van der Waals surface area contributed by atoms with Crippen molar-refractivity contribution in [3.05, 3.63) is 23.9 Å². The Balaban J connectivity index is 2.23. The molecule has 0 aliphatic heterocycles. The number of nitrogens with two attached hydrogens (primary N) is 1. The molecule has 0 aliphatic rings. The molecular weight excluding hydrogens is 248 g/mol. The zero-order valence-corrected chi connectivity index (χ0v) is 10.8. The fourth-order valence-electron chi connectivity index (χ4n) is 1.31. The summed E-state index contributed by atoms with van der Waals surface area (Å²) in [6.45, 7) is 1.20. The maximum Gasteiger partial charge on any atom is 0.252 e. The number of carbonyl (C=O) groups excluding carboxylic acids is 2. The topological polar surface area (TPSA) is 106 Å². The Morgan fingerprint density at radius 2 is 2.11 bits per heavy atom. The number of carbonyl (C=O) groups is 2. The predicted octanol–water partition coefficient (Wildman–Crippen LogP) is -0.454. The third-order valence-corrected chi connectivity index (χ3v) is 2.31. The summed E-state index contributed by atoms with van der Waals surface area (Å²) in [5.74, 6) is -0.0564. The van der Waals surface area contributed by atoms with E-state index < -0.39 is 0 Å². The zero-order valence-electron chi connectivity index (χ0n) is 10.8. The lowest BCUT2D eigenvalue weighted by atomic mass is 10.2. The van der Waals surface area contributed by atoms with E-state index in [0.717, 1.165) is 0 Å². The molecule has 4 N–H and O–H groups in total. The third-order valence-electron chi connectivity index (χ3n) is 2.31. The van der Waals surface area contributed by atoms with Gasteiger partial charge in [0.1, 0.15) is 5.82 Å². The second kappa shape index (κ2) is 8.04. The van der Waals surface area contributed by atoms with Crippen LogP contribution in [0.1, 0.15) is 16.8 Å². The highest BCUT2D eigenvalue weighted by atomic mass is 16.5. The van der Waals surface area contributed by atoms with Gasteiger partial charge in [-0.25, -0.2) is 4.98 Å². The van der Waals surface area contributed by atoms with Crippen LogP contribution in [0.2, 0.25) is 0 Å². The van der Waals surface area contributed by atoms with Gasteiger partial charge in [0.25, 0.3) is 5.91 Å². The molecular formula is C12H18N4O3. The molecule has 104 valence electrons. The van der Waals surface area contributed by atoms with Crippen LogP contribution in [0, 0.1) is 0 Å². The fourth-order valence-corrected chi connectivity index (χ4v) is 1.31. The molecule has 0 spiro atoms. The van der Waals surface area contributed by atoms with Gasteiger partial charge in [0.2, 0.25) is 5.91 Å². The molecule has 0 bridgehead atoms. The van der Waals surface area contributed by atoms with Gasteiger partial charge in [-0.15, -0.1) is 0 Å². The van der Waals surface area contributed by atoms with Gasteiger partial charge in [-0.05, 0) is 12.1 Å². The van der Waals surface area contributed by atoms with Crippen molar-refractivity contribution in [3.63, 3.8) is 0 Å². The van der Waals surface area contributed by atoms with Crippen LogP contribution in [0.15, 0.2) is 18.3 Å². The molecule has 1 heterocycles. The van der Waals surface area contributed by atoms with Crippen molar-refractivity contribution in [1.82, 2.24) is 15.6 Å². The monoisotopic (exact) mass is 266 g/mol. The number of pyridine rings is 1. The van der Waals surface area contributed by atoms with Crippen LogP contribution in [0.25, 0.3) is 0 Å². The van der Waals surface area contributed by atoms with Gasteiger partial charge >= 0.3 is 0 Å². The maximum absolute atomic E-state index is 11.7. The first-order chi connectivity index (χ1) is 9.13. The number of rotatable bonds is 7. The Morgan fingerprint density at radius 1 is 1.32 bits per heavy atom. The van der Waals surface area contributed by atoms with Crippen LogP contribution in [-0.4, -0.2) is 43.6 Å². The van der Waals surface area contributed by atoms with Crippen LogP contribution in [-0.2, 0) is 9.53 Å². The van der Waals surface area contributed by atoms with Crippen molar-refractivity contribution < 1.29 is 14.3 Å². The number of hydrogen-bond acceptors (Lipinski definition) is 5. The van der Waals surface area contributed by atoms with Gasteiger partial charge in [0, 0.05) is 32.8 Å². The molecule has 0 unspecified atom stereocenters. The molecule has 0 aromatic carbocycles. The van der Waals surface area contributed by atoms with E-state index in [1.165, 1.54) is 6.20 Å². The quantitative estimate of drug-likeness (QED) is 0.579. The highest BCUT2D eigenvalue weighted by Crippen LogP contribution is 2.00. The molecule has 1 rings (SSSR count). The highest BCUT2D eigenvalue weighted by molar-refractivity contribution is 5.94. The van der Waals surface area contributed by atoms with E-state index in [1.54, 1.807) is 19.2 Å². The van der Waals surface area contributed by atoms with E-state index in [0.29, 0.717) is 24.5 Å². The molecule has 19 heavy (non-hydrogen) atoms. The molecule has 0 aliphatic carbocycles. The molecule has 7 heteroatoms. The minimum Gasteiger partial charge on any atom is -0.384 e. The SMILES string of the molecule is COCCNC(=O)CCNC(=O)c1ccc(N)nc1. The lowest BCUT2D eigenvalue weighted by Crippen LogP contribution is -2.32. The van der Waals surface area contributed by atoms with E-state index in [4.69, 9.17) is 10.5 Å². The van der Waals surface area contributed by atoms with Crippen LogP contribution in [0.5, 0.6) is 0 Å². The van der Waals surface area contributed by atoms with Crippen LogP contribution in [0.3, 0.4) is 0 Å². The van der Waals surface area contributed by atoms with Crippen molar-refractivity contribution in [1.29, 1.82) is 0 Å². The van der Waals surface area contributed by atoms with Crippen molar-refractivity contribution in [2.75, 3.05) is 32.5 Å². The summed E-state index contributed by atoms with van der Waals surface area (Å²) in [5, 5.41) is 5.29. The van der Waals surface area contributed by atoms with Gasteiger partial charge < -0.3 is 21.1 Å². The van der Waals surface area contributed by atoms with E-state index >= 15 is 0 Å². The van der Waals surface area contributed by atoms with Crippen molar-refractivity contribution in [3.8, 4) is 0 Å². The summed E-state index contributed by atoms with van der Waals surface area (Å²) in [4.78, 5) is 26.8. The molecule has 0 fully saturated rings. The minimum absolute atomic E-state index is 0.132. The molecule has 7 nitrogen and oxygen atoms in total. The molecule has 1 aromatic rings. The lowest BCUT2D eigenvalue weighted by Gasteiger charge is -2.06. The predicted molar refractivity (Wildman–Crippen MR) is 70.5 cm³/mol. The van der Waals surface area contributed by atoms with Gasteiger partial charge in [-0.3, -0.25) is 9.59 Å². The number of hydrogen-bond donors (Lipinski definition) is 3. The maximum atomic E-state index is 11.7. The molecule has 1 aromatic heterocycles. The smallest absolute Gasteiger partial charge is 0.252 e. The number of ether oxygens (including phenoxy) is 1. The Morgan fingerprint density at radius 3 is 2.74 bits per heavy atom. The van der Waals surface area contributed by atoms with E-state index in [1.807, 2.05) is 0 Å². The average Bonchev–Trinajstić information content (AvgIpc) is 2.39. The Labute approximate surface area is 111 Å². The summed E-state index contributed by atoms with van der Waals surface area (Å²) in [6, 6.07) is 3.13. The van der Waals surface area contributed by atoms with E-state index in [2.05, 4.69) is 15.6 Å². The van der Waals surface area contributed by atoms with Gasteiger partial charge in [-0.1, -0.05) is 0 Å². The Hall–Kier alpha value is -2.15. The second-order valence-corrected chi connectivity index (χ2v) is 3.82. The highest BCUT2D eigenvalue weighted by Gasteiger charge is 2.06.